The molecule has 0 unspecified atom stereocenters. The Bertz CT molecular complexity index is 702. The second-order valence-corrected chi connectivity index (χ2v) is 6.03. The number of fused-ring (bicyclic) bond motifs is 1. The molecule has 0 aliphatic carbocycles. The maximum absolute atomic E-state index is 11.6. The minimum Gasteiger partial charge on any atom is -0.490 e. The Hall–Kier alpha value is -2.04. The molecule has 0 fully saturated rings. The Balaban J connectivity index is 2.60. The molecule has 0 saturated heterocycles. The number of carbonyl (C=O) groups is 1. The van der Waals surface area contributed by atoms with Gasteiger partial charge in [-0.1, -0.05) is 20.8 Å². The molecule has 0 radical (unpaired) electrons. The van der Waals surface area contributed by atoms with E-state index < -0.39 is 5.97 Å². The van der Waals surface area contributed by atoms with Gasteiger partial charge in [-0.25, -0.2) is 9.78 Å². The van der Waals surface area contributed by atoms with E-state index in [9.17, 15) is 9.90 Å². The summed E-state index contributed by atoms with van der Waals surface area (Å²) >= 11 is 0. The monoisotopic (exact) mass is 304 g/mol. The number of pyridine rings is 1. The van der Waals surface area contributed by atoms with Crippen molar-refractivity contribution in [3.05, 3.63) is 28.7 Å². The quantitative estimate of drug-likeness (QED) is 0.885. The number of imidazole rings is 1. The van der Waals surface area contributed by atoms with Crippen molar-refractivity contribution in [3.63, 3.8) is 0 Å². The summed E-state index contributed by atoms with van der Waals surface area (Å²) in [7, 11) is 0. The van der Waals surface area contributed by atoms with Gasteiger partial charge in [0.2, 0.25) is 0 Å². The zero-order valence-electron chi connectivity index (χ0n) is 13.9. The van der Waals surface area contributed by atoms with Crippen molar-refractivity contribution in [3.8, 4) is 5.75 Å². The van der Waals surface area contributed by atoms with E-state index in [4.69, 9.17) is 4.74 Å². The number of ether oxygens (including phenoxy) is 1. The first kappa shape index (κ1) is 16.3. The van der Waals surface area contributed by atoms with Crippen LogP contribution < -0.4 is 4.74 Å². The van der Waals surface area contributed by atoms with Crippen molar-refractivity contribution in [2.75, 3.05) is 6.61 Å². The highest BCUT2D eigenvalue weighted by atomic mass is 16.5. The molecule has 5 nitrogen and oxygen atoms in total. The Morgan fingerprint density at radius 1 is 1.41 bits per heavy atom. The SMILES string of the molecule is CCc1c(C)cc(OCCC(C)C)c2nc(C)c(C(=O)O)n12. The van der Waals surface area contributed by atoms with Crippen LogP contribution in [0.3, 0.4) is 0 Å². The molecule has 5 heteroatoms. The second-order valence-electron chi connectivity index (χ2n) is 6.03. The molecule has 2 aromatic rings. The predicted octanol–water partition coefficient (Wildman–Crippen LogP) is 3.64. The van der Waals surface area contributed by atoms with Gasteiger partial charge < -0.3 is 9.84 Å². The van der Waals surface area contributed by atoms with Gasteiger partial charge in [0.1, 0.15) is 0 Å². The number of carboxylic acids is 1. The average molecular weight is 304 g/mol. The molecule has 22 heavy (non-hydrogen) atoms. The van der Waals surface area contributed by atoms with Crippen molar-refractivity contribution >= 4 is 11.6 Å². The van der Waals surface area contributed by atoms with Crippen LogP contribution in [0.4, 0.5) is 0 Å². The van der Waals surface area contributed by atoms with Gasteiger partial charge in [0.25, 0.3) is 0 Å². The maximum atomic E-state index is 11.6. The Labute approximate surface area is 130 Å². The lowest BCUT2D eigenvalue weighted by atomic mass is 10.1. The fourth-order valence-corrected chi connectivity index (χ4v) is 2.68. The molecule has 0 amide bonds. The number of hydrogen-bond donors (Lipinski definition) is 1. The van der Waals surface area contributed by atoms with E-state index in [0.717, 1.165) is 24.1 Å². The van der Waals surface area contributed by atoms with E-state index in [1.54, 1.807) is 11.3 Å². The van der Waals surface area contributed by atoms with Crippen LogP contribution in [0.15, 0.2) is 6.07 Å². The molecule has 0 aliphatic heterocycles. The third-order valence-electron chi connectivity index (χ3n) is 3.84. The number of aryl methyl sites for hydroxylation is 3. The van der Waals surface area contributed by atoms with Crippen LogP contribution in [0.2, 0.25) is 0 Å². The van der Waals surface area contributed by atoms with Crippen molar-refractivity contribution in [1.82, 2.24) is 9.38 Å². The topological polar surface area (TPSA) is 63.8 Å². The summed E-state index contributed by atoms with van der Waals surface area (Å²) in [5.74, 6) is 0.257. The highest BCUT2D eigenvalue weighted by Crippen LogP contribution is 2.28. The molecule has 2 aromatic heterocycles. The fraction of sp³-hybridized carbons (Fsp3) is 0.529. The van der Waals surface area contributed by atoms with Gasteiger partial charge in [0, 0.05) is 5.69 Å². The lowest BCUT2D eigenvalue weighted by Gasteiger charge is -2.14. The van der Waals surface area contributed by atoms with E-state index in [2.05, 4.69) is 18.8 Å². The smallest absolute Gasteiger partial charge is 0.354 e. The van der Waals surface area contributed by atoms with E-state index in [1.807, 2.05) is 19.9 Å². The van der Waals surface area contributed by atoms with Gasteiger partial charge in [0.05, 0.1) is 12.3 Å². The van der Waals surface area contributed by atoms with Crippen LogP contribution in [0.1, 0.15) is 54.6 Å². The number of aromatic carboxylic acids is 1. The highest BCUT2D eigenvalue weighted by Gasteiger charge is 2.21. The first-order valence-corrected chi connectivity index (χ1v) is 7.74. The summed E-state index contributed by atoms with van der Waals surface area (Å²) in [4.78, 5) is 16.0. The minimum absolute atomic E-state index is 0.226. The van der Waals surface area contributed by atoms with E-state index >= 15 is 0 Å². The first-order valence-electron chi connectivity index (χ1n) is 7.74. The summed E-state index contributed by atoms with van der Waals surface area (Å²) < 4.78 is 7.62. The molecule has 0 spiro atoms. The molecule has 0 atom stereocenters. The molecule has 120 valence electrons. The second kappa shape index (κ2) is 6.38. The zero-order chi connectivity index (χ0) is 16.4. The van der Waals surface area contributed by atoms with Crippen LogP contribution in [-0.4, -0.2) is 27.1 Å². The maximum Gasteiger partial charge on any atom is 0.354 e. The minimum atomic E-state index is -0.960. The third-order valence-corrected chi connectivity index (χ3v) is 3.84. The molecule has 0 aliphatic rings. The van der Waals surface area contributed by atoms with Crippen LogP contribution in [0.25, 0.3) is 5.65 Å². The first-order chi connectivity index (χ1) is 10.4. The summed E-state index contributed by atoms with van der Waals surface area (Å²) in [6.07, 6.45) is 1.69. The number of rotatable bonds is 6. The standard InChI is InChI=1S/C17H24N2O3/c1-6-13-11(4)9-14(22-8-7-10(2)3)16-18-12(5)15(17(20)21)19(13)16/h9-10H,6-8H2,1-5H3,(H,20,21). The molecule has 2 heterocycles. The van der Waals surface area contributed by atoms with Gasteiger partial charge in [0.15, 0.2) is 17.1 Å². The lowest BCUT2D eigenvalue weighted by Crippen LogP contribution is -2.10. The highest BCUT2D eigenvalue weighted by molar-refractivity contribution is 5.89. The van der Waals surface area contributed by atoms with Gasteiger partial charge in [-0.15, -0.1) is 0 Å². The number of hydrogen-bond acceptors (Lipinski definition) is 3. The predicted molar refractivity (Wildman–Crippen MR) is 86.0 cm³/mol. The average Bonchev–Trinajstić information content (AvgIpc) is 2.75. The summed E-state index contributed by atoms with van der Waals surface area (Å²) in [5, 5.41) is 9.50. The van der Waals surface area contributed by atoms with E-state index in [1.165, 1.54) is 0 Å². The third kappa shape index (κ3) is 2.93. The van der Waals surface area contributed by atoms with E-state index in [-0.39, 0.29) is 5.69 Å². The fourth-order valence-electron chi connectivity index (χ4n) is 2.68. The van der Waals surface area contributed by atoms with Gasteiger partial charge in [-0.05, 0) is 44.2 Å². The van der Waals surface area contributed by atoms with Crippen molar-refractivity contribution in [1.29, 1.82) is 0 Å². The summed E-state index contributed by atoms with van der Waals surface area (Å²) in [5.41, 5.74) is 3.32. The molecule has 1 N–H and O–H groups in total. The molecular formula is C17H24N2O3. The largest absolute Gasteiger partial charge is 0.490 e. The van der Waals surface area contributed by atoms with Crippen molar-refractivity contribution < 1.29 is 14.6 Å². The summed E-state index contributed by atoms with van der Waals surface area (Å²) in [6, 6.07) is 1.96. The van der Waals surface area contributed by atoms with Gasteiger partial charge >= 0.3 is 5.97 Å². The summed E-state index contributed by atoms with van der Waals surface area (Å²) in [6.45, 7) is 10.6. The van der Waals surface area contributed by atoms with Crippen LogP contribution in [-0.2, 0) is 6.42 Å². The Morgan fingerprint density at radius 3 is 2.64 bits per heavy atom. The van der Waals surface area contributed by atoms with Gasteiger partial charge in [-0.3, -0.25) is 4.40 Å². The van der Waals surface area contributed by atoms with Crippen LogP contribution in [0.5, 0.6) is 5.75 Å². The molecule has 0 saturated carbocycles. The van der Waals surface area contributed by atoms with Crippen LogP contribution >= 0.6 is 0 Å². The molecule has 0 aromatic carbocycles. The molecule has 0 bridgehead atoms. The van der Waals surface area contributed by atoms with Crippen molar-refractivity contribution in [2.45, 2.75) is 47.5 Å². The molecular weight excluding hydrogens is 280 g/mol. The zero-order valence-corrected chi connectivity index (χ0v) is 13.9. The number of aromatic nitrogens is 2. The van der Waals surface area contributed by atoms with E-state index in [0.29, 0.717) is 29.6 Å². The van der Waals surface area contributed by atoms with Crippen molar-refractivity contribution in [2.24, 2.45) is 5.92 Å². The molecule has 2 rings (SSSR count). The number of nitrogens with zero attached hydrogens (tertiary/aromatic N) is 2. The normalized spacial score (nSPS) is 11.4. The Kier molecular flexibility index (Phi) is 4.74. The lowest BCUT2D eigenvalue weighted by molar-refractivity contribution is 0.0688. The van der Waals surface area contributed by atoms with Gasteiger partial charge in [-0.2, -0.15) is 0 Å². The van der Waals surface area contributed by atoms with Crippen LogP contribution in [0, 0.1) is 19.8 Å². The number of carboxylic acid groups (broad SMARTS) is 1. The Morgan fingerprint density at radius 2 is 2.09 bits per heavy atom.